The molecule has 1 heteroatoms. The van der Waals surface area contributed by atoms with Crippen molar-refractivity contribution in [2.24, 2.45) is 0 Å². The summed E-state index contributed by atoms with van der Waals surface area (Å²) in [5.41, 5.74) is 7.37. The molecule has 0 saturated carbocycles. The lowest BCUT2D eigenvalue weighted by Gasteiger charge is -2.09. The quantitative estimate of drug-likeness (QED) is 0.320. The number of benzene rings is 5. The molecular weight excluding hydrogens is 350 g/mol. The van der Waals surface area contributed by atoms with Crippen LogP contribution >= 0.6 is 0 Å². The molecule has 29 heavy (non-hydrogen) atoms. The SMILES string of the molecule is c1cc(-c2ccc3[nH]c4ccccc4c3c2)cc(-c2cccc3ccccc23)c1. The van der Waals surface area contributed by atoms with Gasteiger partial charge in [-0.25, -0.2) is 0 Å². The molecule has 5 aromatic carbocycles. The van der Waals surface area contributed by atoms with Crippen LogP contribution in [0.3, 0.4) is 0 Å². The fraction of sp³-hybridized carbons (Fsp3) is 0. The number of fused-ring (bicyclic) bond motifs is 4. The predicted octanol–water partition coefficient (Wildman–Crippen LogP) is 7.81. The van der Waals surface area contributed by atoms with Crippen molar-refractivity contribution in [1.82, 2.24) is 4.98 Å². The topological polar surface area (TPSA) is 15.8 Å². The van der Waals surface area contributed by atoms with Crippen LogP contribution in [0.1, 0.15) is 0 Å². The summed E-state index contributed by atoms with van der Waals surface area (Å²) in [5.74, 6) is 0. The van der Waals surface area contributed by atoms with Gasteiger partial charge < -0.3 is 4.98 Å². The fourth-order valence-corrected chi connectivity index (χ4v) is 4.37. The maximum atomic E-state index is 3.51. The number of H-pyrrole nitrogens is 1. The molecular formula is C28H19N. The second-order valence-electron chi connectivity index (χ2n) is 7.54. The monoisotopic (exact) mass is 369 g/mol. The zero-order chi connectivity index (χ0) is 19.2. The van der Waals surface area contributed by atoms with Gasteiger partial charge in [-0.05, 0) is 57.3 Å². The van der Waals surface area contributed by atoms with E-state index in [9.17, 15) is 0 Å². The molecule has 1 aromatic heterocycles. The predicted molar refractivity (Wildman–Crippen MR) is 124 cm³/mol. The number of para-hydroxylation sites is 1. The Morgan fingerprint density at radius 1 is 0.414 bits per heavy atom. The lowest BCUT2D eigenvalue weighted by atomic mass is 9.95. The zero-order valence-electron chi connectivity index (χ0n) is 15.9. The van der Waals surface area contributed by atoms with Crippen LogP contribution in [-0.4, -0.2) is 4.98 Å². The van der Waals surface area contributed by atoms with Crippen molar-refractivity contribution in [3.05, 3.63) is 109 Å². The molecule has 0 aliphatic carbocycles. The first-order chi connectivity index (χ1) is 14.4. The van der Waals surface area contributed by atoms with E-state index < -0.39 is 0 Å². The molecule has 0 amide bonds. The van der Waals surface area contributed by atoms with Crippen molar-refractivity contribution in [2.75, 3.05) is 0 Å². The molecule has 6 aromatic rings. The third kappa shape index (κ3) is 2.63. The minimum Gasteiger partial charge on any atom is -0.355 e. The maximum Gasteiger partial charge on any atom is 0.0465 e. The van der Waals surface area contributed by atoms with Gasteiger partial charge in [0, 0.05) is 21.8 Å². The van der Waals surface area contributed by atoms with Crippen LogP contribution in [-0.2, 0) is 0 Å². The highest BCUT2D eigenvalue weighted by molar-refractivity contribution is 6.08. The van der Waals surface area contributed by atoms with E-state index in [1.165, 1.54) is 54.8 Å². The van der Waals surface area contributed by atoms with Gasteiger partial charge in [0.15, 0.2) is 0 Å². The molecule has 0 saturated heterocycles. The maximum absolute atomic E-state index is 3.51. The number of hydrogen-bond acceptors (Lipinski definition) is 0. The molecule has 0 atom stereocenters. The summed E-state index contributed by atoms with van der Waals surface area (Å²) in [4.78, 5) is 3.51. The highest BCUT2D eigenvalue weighted by Crippen LogP contribution is 2.34. The average molecular weight is 369 g/mol. The summed E-state index contributed by atoms with van der Waals surface area (Å²) in [6.45, 7) is 0. The summed E-state index contributed by atoms with van der Waals surface area (Å²) >= 11 is 0. The smallest absolute Gasteiger partial charge is 0.0465 e. The first kappa shape index (κ1) is 16.1. The summed E-state index contributed by atoms with van der Waals surface area (Å²) in [6, 6.07) is 39.2. The Morgan fingerprint density at radius 2 is 1.10 bits per heavy atom. The van der Waals surface area contributed by atoms with Crippen LogP contribution < -0.4 is 0 Å². The molecule has 136 valence electrons. The van der Waals surface area contributed by atoms with Crippen molar-refractivity contribution in [2.45, 2.75) is 0 Å². The third-order valence-electron chi connectivity index (χ3n) is 5.80. The standard InChI is InChI=1S/C28H19N/c1-2-11-23-19(7-1)8-6-13-24(23)22-10-5-9-20(17-22)21-15-16-28-26(18-21)25-12-3-4-14-27(25)29-28/h1-18,29H. The van der Waals surface area contributed by atoms with E-state index >= 15 is 0 Å². The van der Waals surface area contributed by atoms with Crippen molar-refractivity contribution >= 4 is 32.6 Å². The highest BCUT2D eigenvalue weighted by Gasteiger charge is 2.08. The van der Waals surface area contributed by atoms with Crippen molar-refractivity contribution in [1.29, 1.82) is 0 Å². The summed E-state index contributed by atoms with van der Waals surface area (Å²) in [6.07, 6.45) is 0. The van der Waals surface area contributed by atoms with Crippen molar-refractivity contribution in [3.8, 4) is 22.3 Å². The second kappa shape index (κ2) is 6.35. The lowest BCUT2D eigenvalue weighted by Crippen LogP contribution is -1.84. The molecule has 0 bridgehead atoms. The van der Waals surface area contributed by atoms with Crippen LogP contribution in [0.5, 0.6) is 0 Å². The molecule has 0 unspecified atom stereocenters. The minimum atomic E-state index is 1.18. The van der Waals surface area contributed by atoms with Gasteiger partial charge >= 0.3 is 0 Å². The normalized spacial score (nSPS) is 11.4. The summed E-state index contributed by atoms with van der Waals surface area (Å²) < 4.78 is 0. The van der Waals surface area contributed by atoms with E-state index in [1.807, 2.05) is 0 Å². The van der Waals surface area contributed by atoms with E-state index in [4.69, 9.17) is 0 Å². The summed E-state index contributed by atoms with van der Waals surface area (Å²) in [7, 11) is 0. The molecule has 0 aliphatic rings. The van der Waals surface area contributed by atoms with E-state index in [1.54, 1.807) is 0 Å². The molecule has 0 fully saturated rings. The van der Waals surface area contributed by atoms with E-state index in [-0.39, 0.29) is 0 Å². The van der Waals surface area contributed by atoms with Crippen LogP contribution in [0.15, 0.2) is 109 Å². The zero-order valence-corrected chi connectivity index (χ0v) is 15.9. The molecule has 1 nitrogen and oxygen atoms in total. The number of aromatic amines is 1. The van der Waals surface area contributed by atoms with Crippen LogP contribution in [0.4, 0.5) is 0 Å². The molecule has 1 N–H and O–H groups in total. The molecule has 0 spiro atoms. The Hall–Kier alpha value is -3.84. The number of nitrogens with one attached hydrogen (secondary N) is 1. The second-order valence-corrected chi connectivity index (χ2v) is 7.54. The number of aromatic nitrogens is 1. The Morgan fingerprint density at radius 3 is 2.07 bits per heavy atom. The Kier molecular flexibility index (Phi) is 3.54. The van der Waals surface area contributed by atoms with Gasteiger partial charge in [0.25, 0.3) is 0 Å². The number of rotatable bonds is 2. The average Bonchev–Trinajstić information content (AvgIpc) is 3.17. The van der Waals surface area contributed by atoms with Crippen molar-refractivity contribution in [3.63, 3.8) is 0 Å². The summed E-state index contributed by atoms with van der Waals surface area (Å²) in [5, 5.41) is 5.11. The van der Waals surface area contributed by atoms with Gasteiger partial charge in [0.1, 0.15) is 0 Å². The van der Waals surface area contributed by atoms with Crippen LogP contribution in [0, 0.1) is 0 Å². The molecule has 0 aliphatic heterocycles. The van der Waals surface area contributed by atoms with E-state index in [0.717, 1.165) is 0 Å². The Balaban J connectivity index is 1.52. The van der Waals surface area contributed by atoms with Crippen LogP contribution in [0.2, 0.25) is 0 Å². The van der Waals surface area contributed by atoms with Crippen molar-refractivity contribution < 1.29 is 0 Å². The lowest BCUT2D eigenvalue weighted by molar-refractivity contribution is 1.54. The van der Waals surface area contributed by atoms with Gasteiger partial charge in [-0.15, -0.1) is 0 Å². The first-order valence-electron chi connectivity index (χ1n) is 9.96. The minimum absolute atomic E-state index is 1.18. The third-order valence-corrected chi connectivity index (χ3v) is 5.80. The van der Waals surface area contributed by atoms with Gasteiger partial charge in [0.2, 0.25) is 0 Å². The Labute approximate surface area is 169 Å². The van der Waals surface area contributed by atoms with Gasteiger partial charge in [-0.1, -0.05) is 84.9 Å². The first-order valence-corrected chi connectivity index (χ1v) is 9.96. The molecule has 1 heterocycles. The van der Waals surface area contributed by atoms with Crippen LogP contribution in [0.25, 0.3) is 54.8 Å². The largest absolute Gasteiger partial charge is 0.355 e. The Bertz CT molecular complexity index is 1500. The van der Waals surface area contributed by atoms with Gasteiger partial charge in [0.05, 0.1) is 0 Å². The van der Waals surface area contributed by atoms with Gasteiger partial charge in [-0.2, -0.15) is 0 Å². The molecule has 0 radical (unpaired) electrons. The number of hydrogen-bond donors (Lipinski definition) is 1. The molecule has 6 rings (SSSR count). The van der Waals surface area contributed by atoms with E-state index in [2.05, 4.69) is 114 Å². The van der Waals surface area contributed by atoms with Gasteiger partial charge in [-0.3, -0.25) is 0 Å². The van der Waals surface area contributed by atoms with E-state index in [0.29, 0.717) is 0 Å². The fourth-order valence-electron chi connectivity index (χ4n) is 4.37. The highest BCUT2D eigenvalue weighted by atomic mass is 14.7.